The highest BCUT2D eigenvalue weighted by atomic mass is 16.6. The number of carbonyl (C=O) groups excluding carboxylic acids is 2. The summed E-state index contributed by atoms with van der Waals surface area (Å²) in [5.41, 5.74) is 2.45. The predicted molar refractivity (Wildman–Crippen MR) is 98.2 cm³/mol. The molecule has 1 atom stereocenters. The smallest absolute Gasteiger partial charge is 0.348 e. The molecule has 0 saturated heterocycles. The second-order valence-corrected chi connectivity index (χ2v) is 5.67. The number of ether oxygens (including phenoxy) is 2. The highest BCUT2D eigenvalue weighted by Crippen LogP contribution is 2.09. The van der Waals surface area contributed by atoms with Gasteiger partial charge in [-0.3, -0.25) is 4.79 Å². The molecular formula is C20H20O8. The number of carbonyl (C=O) groups is 4. The van der Waals surface area contributed by atoms with Gasteiger partial charge in [0, 0.05) is 0 Å². The van der Waals surface area contributed by atoms with Gasteiger partial charge in [0.25, 0.3) is 6.47 Å². The van der Waals surface area contributed by atoms with Gasteiger partial charge in [0.1, 0.15) is 6.61 Å². The predicted octanol–water partition coefficient (Wildman–Crippen LogP) is 2.47. The molecule has 0 radical (unpaired) electrons. The fraction of sp³-hybridized carbons (Fsp3) is 0.200. The summed E-state index contributed by atoms with van der Waals surface area (Å²) in [6.07, 6.45) is -1.58. The Bertz CT molecular complexity index is 809. The molecule has 0 aromatic heterocycles. The van der Waals surface area contributed by atoms with Crippen molar-refractivity contribution in [3.05, 3.63) is 70.8 Å². The van der Waals surface area contributed by atoms with Crippen molar-refractivity contribution < 1.29 is 38.9 Å². The third kappa shape index (κ3) is 7.28. The van der Waals surface area contributed by atoms with Crippen molar-refractivity contribution in [1.82, 2.24) is 0 Å². The maximum atomic E-state index is 12.0. The summed E-state index contributed by atoms with van der Waals surface area (Å²) in [6, 6.07) is 13.1. The lowest BCUT2D eigenvalue weighted by molar-refractivity contribution is -0.149. The minimum Gasteiger partial charge on any atom is -0.483 e. The molecule has 148 valence electrons. The molecule has 0 heterocycles. The van der Waals surface area contributed by atoms with E-state index in [4.69, 9.17) is 24.5 Å². The van der Waals surface area contributed by atoms with E-state index in [1.807, 2.05) is 13.8 Å². The van der Waals surface area contributed by atoms with Crippen molar-refractivity contribution in [3.63, 3.8) is 0 Å². The maximum absolute atomic E-state index is 12.0. The van der Waals surface area contributed by atoms with Crippen LogP contribution in [0.3, 0.4) is 0 Å². The quantitative estimate of drug-likeness (QED) is 0.571. The number of rotatable bonds is 6. The summed E-state index contributed by atoms with van der Waals surface area (Å²) < 4.78 is 9.88. The monoisotopic (exact) mass is 388 g/mol. The van der Waals surface area contributed by atoms with Gasteiger partial charge in [-0.25, -0.2) is 14.4 Å². The molecule has 0 amide bonds. The Kier molecular flexibility index (Phi) is 8.88. The Balaban J connectivity index is 0.00000122. The largest absolute Gasteiger partial charge is 0.483 e. The zero-order valence-electron chi connectivity index (χ0n) is 15.3. The van der Waals surface area contributed by atoms with Crippen LogP contribution in [0, 0.1) is 13.8 Å². The first-order valence-corrected chi connectivity index (χ1v) is 8.10. The first kappa shape index (κ1) is 22.4. The number of carboxylic acids is 1. The van der Waals surface area contributed by atoms with Crippen LogP contribution in [-0.2, 0) is 19.1 Å². The molecule has 2 N–H and O–H groups in total. The summed E-state index contributed by atoms with van der Waals surface area (Å²) in [4.78, 5) is 43.5. The third-order valence-corrected chi connectivity index (χ3v) is 3.47. The lowest BCUT2D eigenvalue weighted by Crippen LogP contribution is -2.32. The van der Waals surface area contributed by atoms with Crippen molar-refractivity contribution in [2.24, 2.45) is 0 Å². The summed E-state index contributed by atoms with van der Waals surface area (Å²) in [7, 11) is 0. The molecule has 0 unspecified atom stereocenters. The number of aryl methyl sites for hydroxylation is 2. The van der Waals surface area contributed by atoms with Gasteiger partial charge in [-0.1, -0.05) is 35.4 Å². The lowest BCUT2D eigenvalue weighted by atomic mass is 10.1. The van der Waals surface area contributed by atoms with Crippen LogP contribution in [0.2, 0.25) is 0 Å². The first-order valence-electron chi connectivity index (χ1n) is 8.10. The van der Waals surface area contributed by atoms with E-state index >= 15 is 0 Å². The van der Waals surface area contributed by atoms with Crippen molar-refractivity contribution >= 4 is 24.4 Å². The Labute approximate surface area is 161 Å². The summed E-state index contributed by atoms with van der Waals surface area (Å²) in [6.45, 7) is 2.92. The minimum atomic E-state index is -1.58. The molecule has 0 aliphatic rings. The maximum Gasteiger partial charge on any atom is 0.348 e. The van der Waals surface area contributed by atoms with Gasteiger partial charge < -0.3 is 19.7 Å². The second kappa shape index (κ2) is 11.1. The SMILES string of the molecule is Cc1ccc(C(=O)OC[C@H](OC(=O)c2ccc(C)cc2)C(=O)O)cc1.O=CO. The summed E-state index contributed by atoms with van der Waals surface area (Å²) >= 11 is 0. The van der Waals surface area contributed by atoms with Gasteiger partial charge in [0.05, 0.1) is 11.1 Å². The number of hydrogen-bond acceptors (Lipinski definition) is 6. The number of aliphatic carboxylic acids is 1. The van der Waals surface area contributed by atoms with Gasteiger partial charge in [-0.05, 0) is 38.1 Å². The van der Waals surface area contributed by atoms with Crippen LogP contribution in [0.1, 0.15) is 31.8 Å². The van der Waals surface area contributed by atoms with Crippen molar-refractivity contribution in [2.75, 3.05) is 6.61 Å². The fourth-order valence-electron chi connectivity index (χ4n) is 1.97. The van der Waals surface area contributed by atoms with Gasteiger partial charge >= 0.3 is 17.9 Å². The molecule has 2 aromatic rings. The molecule has 0 aliphatic heterocycles. The van der Waals surface area contributed by atoms with Crippen LogP contribution in [0.25, 0.3) is 0 Å². The normalized spacial score (nSPS) is 10.6. The van der Waals surface area contributed by atoms with Crippen LogP contribution in [0.5, 0.6) is 0 Å². The molecule has 0 aliphatic carbocycles. The molecule has 2 rings (SSSR count). The number of esters is 2. The molecule has 8 nitrogen and oxygen atoms in total. The molecule has 0 bridgehead atoms. The van der Waals surface area contributed by atoms with Crippen molar-refractivity contribution in [2.45, 2.75) is 20.0 Å². The van der Waals surface area contributed by atoms with Crippen LogP contribution in [0.15, 0.2) is 48.5 Å². The Hall–Kier alpha value is -3.68. The van der Waals surface area contributed by atoms with Gasteiger partial charge in [0.15, 0.2) is 0 Å². The molecule has 0 saturated carbocycles. The van der Waals surface area contributed by atoms with E-state index in [0.717, 1.165) is 11.1 Å². The topological polar surface area (TPSA) is 127 Å². The van der Waals surface area contributed by atoms with Crippen LogP contribution >= 0.6 is 0 Å². The molecule has 0 spiro atoms. The van der Waals surface area contributed by atoms with E-state index < -0.39 is 30.6 Å². The highest BCUT2D eigenvalue weighted by molar-refractivity contribution is 5.92. The molecule has 2 aromatic carbocycles. The van der Waals surface area contributed by atoms with Crippen molar-refractivity contribution in [1.29, 1.82) is 0 Å². The lowest BCUT2D eigenvalue weighted by Gasteiger charge is -2.14. The third-order valence-electron chi connectivity index (χ3n) is 3.47. The van der Waals surface area contributed by atoms with E-state index in [1.165, 1.54) is 12.1 Å². The number of benzene rings is 2. The first-order chi connectivity index (χ1) is 13.3. The molecular weight excluding hydrogens is 368 g/mol. The summed E-state index contributed by atoms with van der Waals surface area (Å²) in [5, 5.41) is 16.1. The number of hydrogen-bond donors (Lipinski definition) is 2. The average Bonchev–Trinajstić information content (AvgIpc) is 2.66. The van der Waals surface area contributed by atoms with E-state index in [2.05, 4.69) is 0 Å². The Morgan fingerprint density at radius 2 is 1.29 bits per heavy atom. The van der Waals surface area contributed by atoms with Crippen LogP contribution < -0.4 is 0 Å². The Morgan fingerprint density at radius 1 is 0.893 bits per heavy atom. The van der Waals surface area contributed by atoms with E-state index in [-0.39, 0.29) is 12.0 Å². The van der Waals surface area contributed by atoms with E-state index in [9.17, 15) is 14.4 Å². The van der Waals surface area contributed by atoms with Gasteiger partial charge in [0.2, 0.25) is 6.10 Å². The highest BCUT2D eigenvalue weighted by Gasteiger charge is 2.25. The van der Waals surface area contributed by atoms with Gasteiger partial charge in [-0.2, -0.15) is 0 Å². The average molecular weight is 388 g/mol. The molecule has 8 heteroatoms. The zero-order chi connectivity index (χ0) is 21.1. The van der Waals surface area contributed by atoms with Crippen LogP contribution in [-0.4, -0.2) is 47.3 Å². The van der Waals surface area contributed by atoms with Crippen LogP contribution in [0.4, 0.5) is 0 Å². The van der Waals surface area contributed by atoms with Gasteiger partial charge in [-0.15, -0.1) is 0 Å². The molecule has 28 heavy (non-hydrogen) atoms. The second-order valence-electron chi connectivity index (χ2n) is 5.67. The fourth-order valence-corrected chi connectivity index (χ4v) is 1.97. The van der Waals surface area contributed by atoms with E-state index in [1.54, 1.807) is 36.4 Å². The minimum absolute atomic E-state index is 0.224. The Morgan fingerprint density at radius 3 is 1.68 bits per heavy atom. The zero-order valence-corrected chi connectivity index (χ0v) is 15.3. The summed E-state index contributed by atoms with van der Waals surface area (Å²) in [5.74, 6) is -2.87. The molecule has 0 fully saturated rings. The van der Waals surface area contributed by atoms with Crippen molar-refractivity contribution in [3.8, 4) is 0 Å². The number of carboxylic acid groups (broad SMARTS) is 2. The van der Waals surface area contributed by atoms with E-state index in [0.29, 0.717) is 5.56 Å². The standard InChI is InChI=1S/C19H18O6.CH2O2/c1-12-3-7-14(8-4-12)18(22)24-11-16(17(20)21)25-19(23)15-9-5-13(2)6-10-15;2-1-3/h3-10,16H,11H2,1-2H3,(H,20,21);1H,(H,2,3)/t16-;/m0./s1.